The lowest BCUT2D eigenvalue weighted by Gasteiger charge is -2.44. The van der Waals surface area contributed by atoms with E-state index in [0.717, 1.165) is 24.8 Å². The van der Waals surface area contributed by atoms with Crippen LogP contribution in [0.3, 0.4) is 0 Å². The molecule has 0 aliphatic carbocycles. The maximum absolute atomic E-state index is 13.8. The number of fused-ring (bicyclic) bond motifs is 9. The van der Waals surface area contributed by atoms with Crippen molar-refractivity contribution < 1.29 is 28.5 Å². The number of benzene rings is 1. The number of para-hydroxylation sites is 1. The van der Waals surface area contributed by atoms with E-state index in [0.29, 0.717) is 12.2 Å². The highest BCUT2D eigenvalue weighted by Crippen LogP contribution is 2.66. The summed E-state index contributed by atoms with van der Waals surface area (Å²) in [5, 5.41) is 3.01. The van der Waals surface area contributed by atoms with Crippen molar-refractivity contribution in [3.63, 3.8) is 0 Å². The van der Waals surface area contributed by atoms with Crippen molar-refractivity contribution in [3.8, 4) is 0 Å². The maximum atomic E-state index is 13.8. The number of ether oxygens (including phenoxy) is 4. The van der Waals surface area contributed by atoms with Crippen molar-refractivity contribution in [2.24, 2.45) is 5.92 Å². The van der Waals surface area contributed by atoms with Crippen LogP contribution in [0.1, 0.15) is 38.7 Å². The fourth-order valence-corrected chi connectivity index (χ4v) is 6.74. The Morgan fingerprint density at radius 1 is 1.20 bits per heavy atom. The average molecular weight is 414 g/mol. The van der Waals surface area contributed by atoms with Crippen LogP contribution in [0.5, 0.6) is 0 Å². The van der Waals surface area contributed by atoms with Gasteiger partial charge in [-0.2, -0.15) is 0 Å². The Hall–Kier alpha value is -2.00. The Morgan fingerprint density at radius 2 is 2.00 bits per heavy atom. The summed E-state index contributed by atoms with van der Waals surface area (Å²) in [4.78, 5) is 29.6. The largest absolute Gasteiger partial charge is 0.467 e. The SMILES string of the molecule is COC(=O)[C@]12O[C@@H]3OC(C)(C)O[C@@H]3[C@H]1[C@@H]1CCCCN1[C@@]21C(=O)Nc2ccccc21. The third-order valence-electron chi connectivity index (χ3n) is 7.53. The molecule has 1 aromatic carbocycles. The highest BCUT2D eigenvalue weighted by molar-refractivity contribution is 6.11. The number of anilines is 1. The van der Waals surface area contributed by atoms with Crippen LogP contribution in [0.25, 0.3) is 0 Å². The summed E-state index contributed by atoms with van der Waals surface area (Å²) in [6.45, 7) is 4.39. The molecule has 4 saturated heterocycles. The van der Waals surface area contributed by atoms with Crippen molar-refractivity contribution in [2.75, 3.05) is 19.0 Å². The van der Waals surface area contributed by atoms with E-state index in [1.54, 1.807) is 0 Å². The van der Waals surface area contributed by atoms with E-state index < -0.39 is 35.3 Å². The van der Waals surface area contributed by atoms with Gasteiger partial charge in [-0.15, -0.1) is 0 Å². The summed E-state index contributed by atoms with van der Waals surface area (Å²) in [5.41, 5.74) is -1.39. The predicted molar refractivity (Wildman–Crippen MR) is 104 cm³/mol. The van der Waals surface area contributed by atoms with E-state index in [-0.39, 0.29) is 17.9 Å². The number of carbonyl (C=O) groups is 2. The maximum Gasteiger partial charge on any atom is 0.341 e. The molecule has 5 aliphatic heterocycles. The Kier molecular flexibility index (Phi) is 3.64. The predicted octanol–water partition coefficient (Wildman–Crippen LogP) is 1.74. The van der Waals surface area contributed by atoms with Gasteiger partial charge >= 0.3 is 5.97 Å². The molecule has 5 heterocycles. The fraction of sp³-hybridized carbons (Fsp3) is 0.636. The molecule has 0 radical (unpaired) electrons. The van der Waals surface area contributed by atoms with Gasteiger partial charge in [0.2, 0.25) is 5.60 Å². The minimum Gasteiger partial charge on any atom is -0.467 e. The lowest BCUT2D eigenvalue weighted by Crippen LogP contribution is -2.65. The molecule has 1 N–H and O–H groups in total. The number of esters is 1. The van der Waals surface area contributed by atoms with Gasteiger partial charge in [0, 0.05) is 23.2 Å². The minimum atomic E-state index is -1.54. The van der Waals surface area contributed by atoms with Gasteiger partial charge < -0.3 is 24.3 Å². The van der Waals surface area contributed by atoms with Gasteiger partial charge in [-0.1, -0.05) is 24.6 Å². The van der Waals surface area contributed by atoms with E-state index in [1.807, 2.05) is 38.1 Å². The molecule has 1 amide bonds. The molecule has 5 aliphatic rings. The molecule has 1 aromatic rings. The third-order valence-corrected chi connectivity index (χ3v) is 7.53. The molecule has 0 bridgehead atoms. The van der Waals surface area contributed by atoms with Crippen molar-refractivity contribution >= 4 is 17.6 Å². The van der Waals surface area contributed by atoms with Crippen molar-refractivity contribution in [3.05, 3.63) is 29.8 Å². The Morgan fingerprint density at radius 3 is 2.80 bits per heavy atom. The molecule has 4 fully saturated rings. The highest BCUT2D eigenvalue weighted by atomic mass is 16.8. The molecule has 160 valence electrons. The Labute approximate surface area is 174 Å². The van der Waals surface area contributed by atoms with Crippen LogP contribution in [-0.4, -0.2) is 60.3 Å². The highest BCUT2D eigenvalue weighted by Gasteiger charge is 2.85. The molecular formula is C22H26N2O6. The second kappa shape index (κ2) is 5.82. The monoisotopic (exact) mass is 414 g/mol. The van der Waals surface area contributed by atoms with Crippen molar-refractivity contribution in [2.45, 2.75) is 68.5 Å². The summed E-state index contributed by atoms with van der Waals surface area (Å²) >= 11 is 0. The standard InChI is InChI=1S/C22H26N2O6/c1-20(2)28-16-15-14-10-6-7-11-24(14)21(12-8-4-5-9-13(12)23-18(21)25)22(15,19(26)27-3)30-17(16)29-20/h4-5,8-9,14-17H,6-7,10-11H2,1-3H3,(H,23,25)/t14-,15+,16+,17-,21-,22+/m0/s1. The number of rotatable bonds is 1. The zero-order chi connectivity index (χ0) is 20.9. The van der Waals surface area contributed by atoms with E-state index >= 15 is 0 Å². The summed E-state index contributed by atoms with van der Waals surface area (Å²) in [7, 11) is 1.35. The number of amides is 1. The molecule has 1 spiro atoms. The first-order valence-corrected chi connectivity index (χ1v) is 10.7. The number of piperidine rings is 1. The van der Waals surface area contributed by atoms with E-state index in [2.05, 4.69) is 10.2 Å². The fourth-order valence-electron chi connectivity index (χ4n) is 6.74. The van der Waals surface area contributed by atoms with Crippen LogP contribution in [-0.2, 0) is 34.1 Å². The summed E-state index contributed by atoms with van der Waals surface area (Å²) in [6.07, 6.45) is 1.65. The van der Waals surface area contributed by atoms with Crippen LogP contribution in [0.2, 0.25) is 0 Å². The van der Waals surface area contributed by atoms with E-state index in [1.165, 1.54) is 7.11 Å². The molecule has 6 rings (SSSR count). The lowest BCUT2D eigenvalue weighted by molar-refractivity contribution is -0.247. The summed E-state index contributed by atoms with van der Waals surface area (Å²) in [6, 6.07) is 7.49. The van der Waals surface area contributed by atoms with Gasteiger partial charge in [-0.05, 0) is 39.3 Å². The Balaban J connectivity index is 1.64. The zero-order valence-electron chi connectivity index (χ0n) is 17.3. The van der Waals surface area contributed by atoms with E-state index in [4.69, 9.17) is 18.9 Å². The van der Waals surface area contributed by atoms with Crippen molar-refractivity contribution in [1.82, 2.24) is 4.90 Å². The molecule has 0 aromatic heterocycles. The molecule has 6 atom stereocenters. The number of hydrogen-bond acceptors (Lipinski definition) is 7. The molecular weight excluding hydrogens is 388 g/mol. The molecule has 0 unspecified atom stereocenters. The van der Waals surface area contributed by atoms with E-state index in [9.17, 15) is 9.59 Å². The first-order valence-electron chi connectivity index (χ1n) is 10.7. The third kappa shape index (κ3) is 1.92. The van der Waals surface area contributed by atoms with Gasteiger partial charge in [0.05, 0.1) is 7.11 Å². The normalized spacial score (nSPS) is 43.1. The number of methoxy groups -OCH3 is 1. The summed E-state index contributed by atoms with van der Waals surface area (Å²) < 4.78 is 24.1. The second-order valence-electron chi connectivity index (χ2n) is 9.31. The quantitative estimate of drug-likeness (QED) is 0.701. The minimum absolute atomic E-state index is 0.0535. The van der Waals surface area contributed by atoms with Gasteiger partial charge in [0.25, 0.3) is 5.91 Å². The number of hydrogen-bond donors (Lipinski definition) is 1. The smallest absolute Gasteiger partial charge is 0.341 e. The molecule has 8 nitrogen and oxygen atoms in total. The zero-order valence-corrected chi connectivity index (χ0v) is 17.3. The first-order chi connectivity index (χ1) is 14.4. The molecule has 30 heavy (non-hydrogen) atoms. The number of nitrogens with one attached hydrogen (secondary N) is 1. The average Bonchev–Trinajstić information content (AvgIpc) is 3.37. The van der Waals surface area contributed by atoms with Gasteiger partial charge in [0.1, 0.15) is 6.10 Å². The Bertz CT molecular complexity index is 949. The first kappa shape index (κ1) is 18.7. The van der Waals surface area contributed by atoms with Gasteiger partial charge in [-0.25, -0.2) is 4.79 Å². The number of nitrogens with zero attached hydrogens (tertiary/aromatic N) is 1. The molecule has 8 heteroatoms. The van der Waals surface area contributed by atoms with Crippen LogP contribution in [0.15, 0.2) is 24.3 Å². The topological polar surface area (TPSA) is 86.3 Å². The van der Waals surface area contributed by atoms with Crippen LogP contribution in [0.4, 0.5) is 5.69 Å². The summed E-state index contributed by atoms with van der Waals surface area (Å²) in [5.74, 6) is -1.99. The van der Waals surface area contributed by atoms with Gasteiger partial charge in [-0.3, -0.25) is 9.69 Å². The molecule has 0 saturated carbocycles. The lowest BCUT2D eigenvalue weighted by atomic mass is 9.70. The number of carbonyl (C=O) groups excluding carboxylic acids is 2. The second-order valence-corrected chi connectivity index (χ2v) is 9.31. The van der Waals surface area contributed by atoms with Gasteiger partial charge in [0.15, 0.2) is 17.6 Å². The van der Waals surface area contributed by atoms with Crippen LogP contribution in [0, 0.1) is 5.92 Å². The van der Waals surface area contributed by atoms with Crippen molar-refractivity contribution in [1.29, 1.82) is 0 Å². The van der Waals surface area contributed by atoms with Crippen LogP contribution < -0.4 is 5.32 Å². The van der Waals surface area contributed by atoms with Crippen LogP contribution >= 0.6 is 0 Å².